The number of amides is 2. The second kappa shape index (κ2) is 14.3. The second-order valence-electron chi connectivity index (χ2n) is 8.63. The van der Waals surface area contributed by atoms with Crippen molar-refractivity contribution in [1.82, 2.24) is 5.48 Å². The molecule has 0 aliphatic rings. The van der Waals surface area contributed by atoms with Gasteiger partial charge in [0.1, 0.15) is 11.5 Å². The Balaban J connectivity index is 1.31. The van der Waals surface area contributed by atoms with Crippen molar-refractivity contribution >= 4 is 17.5 Å². The van der Waals surface area contributed by atoms with Crippen LogP contribution in [0.5, 0.6) is 11.5 Å². The first-order valence-electron chi connectivity index (χ1n) is 12.4. The quantitative estimate of drug-likeness (QED) is 0.231. The van der Waals surface area contributed by atoms with Crippen LogP contribution in [-0.4, -0.2) is 25.0 Å². The number of benzene rings is 4. The molecule has 38 heavy (non-hydrogen) atoms. The third kappa shape index (κ3) is 8.89. The van der Waals surface area contributed by atoms with Gasteiger partial charge in [0.05, 0.1) is 32.2 Å². The van der Waals surface area contributed by atoms with E-state index in [0.717, 1.165) is 16.9 Å². The van der Waals surface area contributed by atoms with Gasteiger partial charge in [-0.3, -0.25) is 14.4 Å². The maximum atomic E-state index is 13.1. The predicted molar refractivity (Wildman–Crippen MR) is 145 cm³/mol. The minimum Gasteiger partial charge on any atom is -0.457 e. The zero-order chi connectivity index (χ0) is 26.4. The summed E-state index contributed by atoms with van der Waals surface area (Å²) >= 11 is 0. The number of carbonyl (C=O) groups excluding carboxylic acids is 2. The number of hydrogen-bond acceptors (Lipinski definition) is 5. The van der Waals surface area contributed by atoms with Gasteiger partial charge < -0.3 is 14.8 Å². The molecule has 1 atom stereocenters. The molecular formula is C31H30N2O5. The van der Waals surface area contributed by atoms with Crippen molar-refractivity contribution in [2.45, 2.75) is 13.0 Å². The topological polar surface area (TPSA) is 85.9 Å². The molecule has 0 saturated carbocycles. The van der Waals surface area contributed by atoms with Crippen molar-refractivity contribution < 1.29 is 23.9 Å². The van der Waals surface area contributed by atoms with Gasteiger partial charge in [-0.05, 0) is 47.5 Å². The number of hydrogen-bond donors (Lipinski definition) is 2. The Labute approximate surface area is 222 Å². The Morgan fingerprint density at radius 2 is 1.24 bits per heavy atom. The number of hydroxylamine groups is 1. The number of ether oxygens (including phenoxy) is 2. The van der Waals surface area contributed by atoms with Crippen LogP contribution in [0.15, 0.2) is 115 Å². The van der Waals surface area contributed by atoms with E-state index in [2.05, 4.69) is 10.8 Å². The number of rotatable bonds is 13. The van der Waals surface area contributed by atoms with E-state index in [1.54, 1.807) is 24.3 Å². The van der Waals surface area contributed by atoms with Gasteiger partial charge in [0.15, 0.2) is 0 Å². The molecule has 0 fully saturated rings. The molecule has 194 valence electrons. The van der Waals surface area contributed by atoms with E-state index in [9.17, 15) is 9.59 Å². The predicted octanol–water partition coefficient (Wildman–Crippen LogP) is 5.54. The fourth-order valence-electron chi connectivity index (χ4n) is 3.61. The summed E-state index contributed by atoms with van der Waals surface area (Å²) in [6, 6.07) is 35.6. The molecule has 0 bridgehead atoms. The zero-order valence-electron chi connectivity index (χ0n) is 20.9. The Morgan fingerprint density at radius 3 is 1.89 bits per heavy atom. The highest BCUT2D eigenvalue weighted by Gasteiger charge is 2.21. The van der Waals surface area contributed by atoms with Crippen LogP contribution in [0.2, 0.25) is 0 Å². The average molecular weight is 511 g/mol. The third-order valence-corrected chi connectivity index (χ3v) is 5.58. The summed E-state index contributed by atoms with van der Waals surface area (Å²) in [5.41, 5.74) is 4.90. The van der Waals surface area contributed by atoms with E-state index in [0.29, 0.717) is 18.0 Å². The summed E-state index contributed by atoms with van der Waals surface area (Å²) in [7, 11) is 0. The van der Waals surface area contributed by atoms with Crippen LogP contribution in [0.1, 0.15) is 11.1 Å². The maximum Gasteiger partial charge on any atom is 0.247 e. The highest BCUT2D eigenvalue weighted by molar-refractivity contribution is 5.92. The van der Waals surface area contributed by atoms with Crippen LogP contribution >= 0.6 is 0 Å². The molecule has 4 aromatic carbocycles. The highest BCUT2D eigenvalue weighted by atomic mass is 16.7. The molecule has 4 rings (SSSR count). The first-order valence-corrected chi connectivity index (χ1v) is 12.4. The smallest absolute Gasteiger partial charge is 0.247 e. The lowest BCUT2D eigenvalue weighted by molar-refractivity contribution is -0.138. The van der Waals surface area contributed by atoms with Gasteiger partial charge in [-0.25, -0.2) is 5.48 Å². The molecule has 0 aliphatic carbocycles. The van der Waals surface area contributed by atoms with E-state index in [1.807, 2.05) is 91.0 Å². The van der Waals surface area contributed by atoms with Crippen molar-refractivity contribution in [3.63, 3.8) is 0 Å². The number of para-hydroxylation sites is 1. The van der Waals surface area contributed by atoms with Crippen molar-refractivity contribution in [3.05, 3.63) is 126 Å². The number of nitrogens with one attached hydrogen (secondary N) is 2. The second-order valence-corrected chi connectivity index (χ2v) is 8.63. The van der Waals surface area contributed by atoms with Crippen LogP contribution < -0.4 is 15.5 Å². The normalized spacial score (nSPS) is 11.4. The molecular weight excluding hydrogens is 480 g/mol. The van der Waals surface area contributed by atoms with E-state index in [1.165, 1.54) is 0 Å². The standard InChI is InChI=1S/C31H30N2O5/c34-30(20-24-10-4-1-5-11-24)33-37-23-26(22-36-21-25-12-6-2-7-13-25)31(35)32-27-16-18-29(19-17-27)38-28-14-8-3-9-15-28/h1-19,26H,20-23H2,(H,32,35)(H,33,34). The largest absolute Gasteiger partial charge is 0.457 e. The van der Waals surface area contributed by atoms with Gasteiger partial charge >= 0.3 is 0 Å². The summed E-state index contributed by atoms with van der Waals surface area (Å²) in [6.07, 6.45) is 0.180. The van der Waals surface area contributed by atoms with Gasteiger partial charge in [-0.1, -0.05) is 78.9 Å². The Morgan fingerprint density at radius 1 is 0.658 bits per heavy atom. The van der Waals surface area contributed by atoms with Gasteiger partial charge in [0, 0.05) is 5.69 Å². The Kier molecular flexibility index (Phi) is 10.0. The number of anilines is 1. The van der Waals surface area contributed by atoms with Crippen LogP contribution in [0.3, 0.4) is 0 Å². The molecule has 0 aliphatic heterocycles. The molecule has 7 nitrogen and oxygen atoms in total. The maximum absolute atomic E-state index is 13.1. The van der Waals surface area contributed by atoms with Gasteiger partial charge in [0.2, 0.25) is 11.8 Å². The van der Waals surface area contributed by atoms with Gasteiger partial charge in [-0.15, -0.1) is 0 Å². The molecule has 1 unspecified atom stereocenters. The van der Waals surface area contributed by atoms with E-state index in [4.69, 9.17) is 14.3 Å². The monoisotopic (exact) mass is 510 g/mol. The van der Waals surface area contributed by atoms with Crippen molar-refractivity contribution in [2.24, 2.45) is 5.92 Å². The van der Waals surface area contributed by atoms with Crippen LogP contribution in [0.4, 0.5) is 5.69 Å². The minimum atomic E-state index is -0.656. The molecule has 2 amide bonds. The molecule has 0 radical (unpaired) electrons. The lowest BCUT2D eigenvalue weighted by Crippen LogP contribution is -2.35. The van der Waals surface area contributed by atoms with Crippen molar-refractivity contribution in [1.29, 1.82) is 0 Å². The van der Waals surface area contributed by atoms with Crippen LogP contribution in [-0.2, 0) is 32.2 Å². The third-order valence-electron chi connectivity index (χ3n) is 5.58. The van der Waals surface area contributed by atoms with Crippen molar-refractivity contribution in [3.8, 4) is 11.5 Å². The first kappa shape index (κ1) is 26.6. The molecule has 0 spiro atoms. The fourth-order valence-corrected chi connectivity index (χ4v) is 3.61. The Bertz CT molecular complexity index is 1270. The summed E-state index contributed by atoms with van der Waals surface area (Å²) in [4.78, 5) is 30.7. The first-order chi connectivity index (χ1) is 18.7. The van der Waals surface area contributed by atoms with E-state index < -0.39 is 5.92 Å². The van der Waals surface area contributed by atoms with Gasteiger partial charge in [0.25, 0.3) is 0 Å². The molecule has 7 heteroatoms. The minimum absolute atomic E-state index is 0.0453. The SMILES string of the molecule is O=C(Cc1ccccc1)NOCC(COCc1ccccc1)C(=O)Nc1ccc(Oc2ccccc2)cc1. The van der Waals surface area contributed by atoms with Crippen LogP contribution in [0, 0.1) is 5.92 Å². The van der Waals surface area contributed by atoms with E-state index in [-0.39, 0.29) is 31.4 Å². The fraction of sp³-hybridized carbons (Fsp3) is 0.161. The number of carbonyl (C=O) groups is 2. The molecule has 2 N–H and O–H groups in total. The summed E-state index contributed by atoms with van der Waals surface area (Å²) in [5.74, 6) is 0.144. The summed E-state index contributed by atoms with van der Waals surface area (Å²) < 4.78 is 11.6. The molecule has 0 saturated heterocycles. The molecule has 0 heterocycles. The highest BCUT2D eigenvalue weighted by Crippen LogP contribution is 2.23. The van der Waals surface area contributed by atoms with Gasteiger partial charge in [-0.2, -0.15) is 0 Å². The molecule has 4 aromatic rings. The lowest BCUT2D eigenvalue weighted by Gasteiger charge is -2.18. The average Bonchev–Trinajstić information content (AvgIpc) is 2.95. The van der Waals surface area contributed by atoms with E-state index >= 15 is 0 Å². The summed E-state index contributed by atoms with van der Waals surface area (Å²) in [5, 5.41) is 2.89. The lowest BCUT2D eigenvalue weighted by atomic mass is 10.1. The summed E-state index contributed by atoms with van der Waals surface area (Å²) in [6.45, 7) is 0.428. The Hall–Kier alpha value is -4.46. The zero-order valence-corrected chi connectivity index (χ0v) is 20.9. The molecule has 0 aromatic heterocycles. The van der Waals surface area contributed by atoms with Crippen molar-refractivity contribution in [2.75, 3.05) is 18.5 Å². The van der Waals surface area contributed by atoms with Crippen LogP contribution in [0.25, 0.3) is 0 Å².